The van der Waals surface area contributed by atoms with Crippen LogP contribution in [0, 0.1) is 23.0 Å². The minimum atomic E-state index is -2.27. The molecule has 1 saturated heterocycles. The van der Waals surface area contributed by atoms with Crippen LogP contribution in [0.2, 0.25) is 0 Å². The third-order valence-electron chi connectivity index (χ3n) is 6.55. The Morgan fingerprint density at radius 2 is 1.96 bits per heavy atom. The molecule has 2 N–H and O–H groups in total. The molecule has 2 fully saturated rings. The molecular formula is C21H28F2N2O. The Morgan fingerprint density at radius 3 is 2.62 bits per heavy atom. The first kappa shape index (κ1) is 18.1. The summed E-state index contributed by atoms with van der Waals surface area (Å²) in [6.07, 6.45) is 2.60. The molecule has 0 radical (unpaired) electrons. The zero-order valence-corrected chi connectivity index (χ0v) is 15.1. The first-order valence-electron chi connectivity index (χ1n) is 9.81. The summed E-state index contributed by atoms with van der Waals surface area (Å²) in [7, 11) is 0. The largest absolute Gasteiger partial charge is 0.633 e. The van der Waals surface area contributed by atoms with E-state index in [-0.39, 0.29) is 16.6 Å². The van der Waals surface area contributed by atoms with Crippen molar-refractivity contribution in [2.75, 3.05) is 19.6 Å². The van der Waals surface area contributed by atoms with Crippen molar-refractivity contribution in [1.82, 2.24) is 0 Å². The Kier molecular flexibility index (Phi) is 4.88. The van der Waals surface area contributed by atoms with Gasteiger partial charge in [0.25, 0.3) is 0 Å². The van der Waals surface area contributed by atoms with Gasteiger partial charge < -0.3 is 15.6 Å². The van der Waals surface area contributed by atoms with Gasteiger partial charge in [-0.05, 0) is 30.7 Å². The fourth-order valence-corrected chi connectivity index (χ4v) is 5.06. The Morgan fingerprint density at radius 1 is 1.19 bits per heavy atom. The molecule has 1 heterocycles. The van der Waals surface area contributed by atoms with Crippen LogP contribution >= 0.6 is 0 Å². The average Bonchev–Trinajstić information content (AvgIpc) is 3.29. The zero-order valence-electron chi connectivity index (χ0n) is 15.1. The summed E-state index contributed by atoms with van der Waals surface area (Å²) in [6.45, 7) is 1.78. The molecule has 1 aliphatic heterocycles. The minimum Gasteiger partial charge on any atom is -0.633 e. The molecule has 142 valence electrons. The van der Waals surface area contributed by atoms with Gasteiger partial charge in [0.05, 0.1) is 25.7 Å². The number of alkyl halides is 2. The number of benzene rings is 1. The van der Waals surface area contributed by atoms with Crippen molar-refractivity contribution < 1.29 is 13.4 Å². The van der Waals surface area contributed by atoms with E-state index >= 15 is 0 Å². The number of quaternary nitrogens is 1. The third kappa shape index (κ3) is 3.71. The second-order valence-corrected chi connectivity index (χ2v) is 8.53. The normalized spacial score (nSPS) is 39.9. The second kappa shape index (κ2) is 7.02. The maximum atomic E-state index is 13.3. The monoisotopic (exact) mass is 362 g/mol. The van der Waals surface area contributed by atoms with Gasteiger partial charge in [-0.15, -0.1) is 0 Å². The molecule has 0 bridgehead atoms. The molecule has 6 unspecified atom stereocenters. The van der Waals surface area contributed by atoms with Crippen LogP contribution in [0.25, 0.3) is 0 Å². The molecule has 3 nitrogen and oxygen atoms in total. The smallest absolute Gasteiger partial charge is 0.241 e. The van der Waals surface area contributed by atoms with E-state index in [1.807, 2.05) is 30.3 Å². The Bertz CT molecular complexity index is 665. The van der Waals surface area contributed by atoms with Crippen LogP contribution in [0.1, 0.15) is 37.2 Å². The molecule has 2 aliphatic carbocycles. The number of allylic oxidation sites excluding steroid dienone is 2. The Labute approximate surface area is 154 Å². The van der Waals surface area contributed by atoms with Crippen molar-refractivity contribution >= 4 is 0 Å². The van der Waals surface area contributed by atoms with Gasteiger partial charge in [-0.1, -0.05) is 42.0 Å². The highest BCUT2D eigenvalue weighted by Gasteiger charge is 2.48. The van der Waals surface area contributed by atoms with Gasteiger partial charge in [0, 0.05) is 24.2 Å². The van der Waals surface area contributed by atoms with Crippen LogP contribution in [-0.2, 0) is 0 Å². The van der Waals surface area contributed by atoms with Crippen molar-refractivity contribution in [3.63, 3.8) is 0 Å². The van der Waals surface area contributed by atoms with Crippen molar-refractivity contribution in [2.45, 2.75) is 44.1 Å². The summed E-state index contributed by atoms with van der Waals surface area (Å²) in [5, 5.41) is 12.8. The number of likely N-dealkylation sites (tertiary alicyclic amines) is 1. The van der Waals surface area contributed by atoms with E-state index in [0.29, 0.717) is 44.3 Å². The van der Waals surface area contributed by atoms with E-state index in [2.05, 4.69) is 6.08 Å². The van der Waals surface area contributed by atoms with Gasteiger partial charge in [-0.2, -0.15) is 0 Å². The summed E-state index contributed by atoms with van der Waals surface area (Å²) >= 11 is 0. The van der Waals surface area contributed by atoms with Gasteiger partial charge in [-0.25, -0.2) is 8.78 Å². The van der Waals surface area contributed by atoms with Crippen molar-refractivity contribution in [3.8, 4) is 0 Å². The predicted octanol–water partition coefficient (Wildman–Crippen LogP) is 4.05. The van der Waals surface area contributed by atoms with Crippen LogP contribution in [0.5, 0.6) is 0 Å². The molecular weight excluding hydrogens is 334 g/mol. The lowest BCUT2D eigenvalue weighted by Crippen LogP contribution is -2.43. The van der Waals surface area contributed by atoms with Crippen LogP contribution in [0.3, 0.4) is 0 Å². The molecule has 1 aromatic carbocycles. The van der Waals surface area contributed by atoms with Crippen LogP contribution in [-0.4, -0.2) is 36.7 Å². The van der Waals surface area contributed by atoms with E-state index in [9.17, 15) is 14.0 Å². The number of hydrogen-bond acceptors (Lipinski definition) is 2. The predicted molar refractivity (Wildman–Crippen MR) is 98.4 cm³/mol. The average molecular weight is 362 g/mol. The second-order valence-electron chi connectivity index (χ2n) is 8.53. The maximum absolute atomic E-state index is 13.3. The molecule has 3 aliphatic rings. The van der Waals surface area contributed by atoms with Crippen molar-refractivity contribution in [2.24, 2.45) is 23.5 Å². The molecule has 6 atom stereocenters. The van der Waals surface area contributed by atoms with Crippen molar-refractivity contribution in [1.29, 1.82) is 0 Å². The van der Waals surface area contributed by atoms with E-state index in [4.69, 9.17) is 5.73 Å². The van der Waals surface area contributed by atoms with Gasteiger partial charge in [-0.3, -0.25) is 0 Å². The van der Waals surface area contributed by atoms with Crippen LogP contribution in [0.15, 0.2) is 42.0 Å². The maximum Gasteiger partial charge on any atom is 0.241 e. The first-order chi connectivity index (χ1) is 12.5. The van der Waals surface area contributed by atoms with Gasteiger partial charge in [0.1, 0.15) is 0 Å². The lowest BCUT2D eigenvalue weighted by Gasteiger charge is -2.39. The molecule has 26 heavy (non-hydrogen) atoms. The lowest BCUT2D eigenvalue weighted by atomic mass is 9.75. The number of nitrogens with two attached hydrogens (primary N) is 1. The SMILES string of the molecule is NC1CC[N+]([O-])(CC2CC2C2=CCC(C(F)F)CC2c2ccccc2)C1. The summed E-state index contributed by atoms with van der Waals surface area (Å²) in [5.41, 5.74) is 8.36. The number of hydrogen-bond donors (Lipinski definition) is 1. The van der Waals surface area contributed by atoms with E-state index in [1.54, 1.807) is 0 Å². The standard InChI is InChI=1S/C21H28F2N2O/c22-21(23)15-6-7-18(19(10-15)14-4-2-1-3-5-14)20-11-16(20)12-25(26)9-8-17(24)13-25/h1-5,7,15-17,19-21H,6,8-13,24H2. The highest BCUT2D eigenvalue weighted by molar-refractivity contribution is 5.34. The summed E-state index contributed by atoms with van der Waals surface area (Å²) in [5.74, 6) is 0.286. The summed E-state index contributed by atoms with van der Waals surface area (Å²) in [6, 6.07) is 10.0. The lowest BCUT2D eigenvalue weighted by molar-refractivity contribution is -0.870. The Hall–Kier alpha value is -1.30. The molecule has 4 rings (SSSR count). The number of rotatable bonds is 5. The van der Waals surface area contributed by atoms with Gasteiger partial charge in [0.2, 0.25) is 6.43 Å². The van der Waals surface area contributed by atoms with Gasteiger partial charge in [0.15, 0.2) is 0 Å². The number of halogens is 2. The zero-order chi connectivity index (χ0) is 18.3. The molecule has 1 aromatic rings. The number of hydroxylamine groups is 3. The van der Waals surface area contributed by atoms with Crippen LogP contribution in [0.4, 0.5) is 8.78 Å². The summed E-state index contributed by atoms with van der Waals surface area (Å²) in [4.78, 5) is 0. The highest BCUT2D eigenvalue weighted by atomic mass is 19.3. The van der Waals surface area contributed by atoms with E-state index in [1.165, 1.54) is 5.57 Å². The first-order valence-corrected chi connectivity index (χ1v) is 9.81. The van der Waals surface area contributed by atoms with E-state index in [0.717, 1.165) is 18.4 Å². The highest BCUT2D eigenvalue weighted by Crippen LogP contribution is 2.54. The quantitative estimate of drug-likeness (QED) is 0.488. The van der Waals surface area contributed by atoms with E-state index < -0.39 is 12.3 Å². The van der Waals surface area contributed by atoms with Crippen molar-refractivity contribution in [3.05, 3.63) is 52.8 Å². The minimum absolute atomic E-state index is 0.0301. The topological polar surface area (TPSA) is 49.1 Å². The number of nitrogens with zero attached hydrogens (tertiary/aromatic N) is 1. The van der Waals surface area contributed by atoms with Crippen LogP contribution < -0.4 is 5.73 Å². The Balaban J connectivity index is 1.49. The fraction of sp³-hybridized carbons (Fsp3) is 0.619. The molecule has 0 amide bonds. The molecule has 1 saturated carbocycles. The van der Waals surface area contributed by atoms with Gasteiger partial charge >= 0.3 is 0 Å². The third-order valence-corrected chi connectivity index (χ3v) is 6.55. The molecule has 0 aromatic heterocycles. The summed E-state index contributed by atoms with van der Waals surface area (Å²) < 4.78 is 26.4. The molecule has 0 spiro atoms. The molecule has 5 heteroatoms. The fourth-order valence-electron chi connectivity index (χ4n) is 5.06.